The molecule has 4 nitrogen and oxygen atoms in total. The van der Waals surface area contributed by atoms with E-state index in [1.54, 1.807) is 12.1 Å². The van der Waals surface area contributed by atoms with Gasteiger partial charge in [0.15, 0.2) is 0 Å². The van der Waals surface area contributed by atoms with Crippen molar-refractivity contribution in [3.63, 3.8) is 0 Å². The monoisotopic (exact) mass is 210 g/mol. The first-order chi connectivity index (χ1) is 6.71. The van der Waals surface area contributed by atoms with Crippen molar-refractivity contribution in [1.82, 2.24) is 5.01 Å². The first kappa shape index (κ1) is 12.3. The maximum absolute atomic E-state index is 5.80. The second kappa shape index (κ2) is 3.65. The van der Waals surface area contributed by atoms with Crippen molar-refractivity contribution in [2.45, 2.75) is 38.9 Å². The first-order valence-electron chi connectivity index (χ1n) is 4.96. The van der Waals surface area contributed by atoms with Gasteiger partial charge in [0, 0.05) is 13.8 Å². The number of rotatable bonds is 3. The summed E-state index contributed by atoms with van der Waals surface area (Å²) in [4.78, 5) is 0. The smallest absolute Gasteiger partial charge is 0.398 e. The van der Waals surface area contributed by atoms with E-state index in [1.165, 1.54) is 0 Å². The van der Waals surface area contributed by atoms with E-state index in [1.807, 2.05) is 27.7 Å². The second-order valence-corrected chi connectivity index (χ2v) is 4.74. The maximum Gasteiger partial charge on any atom is 0.513 e. The summed E-state index contributed by atoms with van der Waals surface area (Å²) in [6.45, 7) is 15.3. The minimum atomic E-state index is -0.453. The summed E-state index contributed by atoms with van der Waals surface area (Å²) in [5, 5.41) is 5.31. The zero-order chi connectivity index (χ0) is 11.9. The van der Waals surface area contributed by atoms with Crippen LogP contribution in [-0.4, -0.2) is 37.1 Å². The van der Waals surface area contributed by atoms with Crippen molar-refractivity contribution in [2.75, 3.05) is 7.05 Å². The van der Waals surface area contributed by atoms with Gasteiger partial charge in [-0.25, -0.2) is 0 Å². The summed E-state index contributed by atoms with van der Waals surface area (Å²) in [6, 6.07) is 0. The van der Waals surface area contributed by atoms with Crippen LogP contribution in [0.1, 0.15) is 27.7 Å². The van der Waals surface area contributed by atoms with E-state index >= 15 is 0 Å². The normalized spacial score (nSPS) is 22.6. The van der Waals surface area contributed by atoms with Crippen molar-refractivity contribution in [2.24, 2.45) is 5.10 Å². The summed E-state index contributed by atoms with van der Waals surface area (Å²) in [5.41, 5.74) is -0.0331. The molecule has 0 atom stereocenters. The minimum absolute atomic E-state index is 0.345. The Hall–Kier alpha value is -0.805. The zero-order valence-corrected chi connectivity index (χ0v) is 10.2. The highest BCUT2D eigenvalue weighted by molar-refractivity contribution is 6.54. The summed E-state index contributed by atoms with van der Waals surface area (Å²) in [7, 11) is 1.31. The van der Waals surface area contributed by atoms with Crippen LogP contribution in [0, 0.1) is 0 Å². The molecule has 84 valence electrons. The lowest BCUT2D eigenvalue weighted by Gasteiger charge is -2.32. The molecule has 1 heterocycles. The molecule has 0 N–H and O–H groups in total. The van der Waals surface area contributed by atoms with E-state index in [2.05, 4.69) is 18.4 Å². The Morgan fingerprint density at radius 3 is 1.93 bits per heavy atom. The molecule has 0 aromatic rings. The number of hydrogen-bond acceptors (Lipinski definition) is 4. The minimum Gasteiger partial charge on any atom is -0.398 e. The number of nitrogens with zero attached hydrogens (tertiary/aromatic N) is 2. The third-order valence-corrected chi connectivity index (χ3v) is 3.15. The molecule has 1 saturated heterocycles. The van der Waals surface area contributed by atoms with Gasteiger partial charge in [0.05, 0.1) is 16.8 Å². The fourth-order valence-electron chi connectivity index (χ4n) is 1.22. The lowest BCUT2D eigenvalue weighted by Crippen LogP contribution is -2.41. The molecule has 0 radical (unpaired) electrons. The third-order valence-electron chi connectivity index (χ3n) is 3.15. The first-order valence-corrected chi connectivity index (χ1v) is 4.96. The Balaban J connectivity index is 2.79. The molecule has 1 fully saturated rings. The Kier molecular flexibility index (Phi) is 2.98. The predicted octanol–water partition coefficient (Wildman–Crippen LogP) is 1.68. The lowest BCUT2D eigenvalue weighted by atomic mass is 9.85. The van der Waals surface area contributed by atoms with Crippen LogP contribution in [0.5, 0.6) is 0 Å². The van der Waals surface area contributed by atoms with Crippen molar-refractivity contribution < 1.29 is 9.31 Å². The van der Waals surface area contributed by atoms with Gasteiger partial charge in [-0.3, -0.25) is 5.01 Å². The van der Waals surface area contributed by atoms with Gasteiger partial charge in [0.2, 0.25) is 0 Å². The standard InChI is InChI=1S/C10H19BN2O2/c1-8(13(7)12-6)11-14-9(2,3)10(4,5)15-11/h1,6H2,2-5,7H3. The maximum atomic E-state index is 5.80. The van der Waals surface area contributed by atoms with Crippen LogP contribution in [0.25, 0.3) is 0 Å². The van der Waals surface area contributed by atoms with Crippen molar-refractivity contribution >= 4 is 13.8 Å². The van der Waals surface area contributed by atoms with Crippen LogP contribution in [0.2, 0.25) is 0 Å². The molecule has 0 bridgehead atoms. The zero-order valence-electron chi connectivity index (χ0n) is 10.2. The van der Waals surface area contributed by atoms with Gasteiger partial charge >= 0.3 is 7.12 Å². The third kappa shape index (κ3) is 2.08. The fourth-order valence-corrected chi connectivity index (χ4v) is 1.22. The highest BCUT2D eigenvalue weighted by Gasteiger charge is 2.52. The summed E-state index contributed by atoms with van der Waals surface area (Å²) < 4.78 is 11.6. The fraction of sp³-hybridized carbons (Fsp3) is 0.700. The van der Waals surface area contributed by atoms with Gasteiger partial charge in [0.1, 0.15) is 0 Å². The molecule has 15 heavy (non-hydrogen) atoms. The molecule has 1 aliphatic rings. The predicted molar refractivity (Wildman–Crippen MR) is 62.5 cm³/mol. The molecule has 0 aromatic carbocycles. The van der Waals surface area contributed by atoms with E-state index in [9.17, 15) is 0 Å². The Morgan fingerprint density at radius 2 is 1.60 bits per heavy atom. The number of hydrogen-bond donors (Lipinski definition) is 0. The Labute approximate surface area is 92.1 Å². The van der Waals surface area contributed by atoms with Crippen molar-refractivity contribution in [3.8, 4) is 0 Å². The van der Waals surface area contributed by atoms with E-state index < -0.39 is 7.12 Å². The molecular formula is C10H19BN2O2. The van der Waals surface area contributed by atoms with Gasteiger partial charge in [-0.15, -0.1) is 0 Å². The molecule has 1 aliphatic heterocycles. The van der Waals surface area contributed by atoms with E-state index in [0.717, 1.165) is 0 Å². The van der Waals surface area contributed by atoms with Crippen LogP contribution in [0.15, 0.2) is 17.3 Å². The average molecular weight is 210 g/mol. The number of hydrazone groups is 1. The van der Waals surface area contributed by atoms with Crippen LogP contribution < -0.4 is 0 Å². The molecule has 5 heteroatoms. The highest BCUT2D eigenvalue weighted by Crippen LogP contribution is 2.38. The largest absolute Gasteiger partial charge is 0.513 e. The molecule has 0 amide bonds. The van der Waals surface area contributed by atoms with Crippen LogP contribution in [0.3, 0.4) is 0 Å². The highest BCUT2D eigenvalue weighted by atomic mass is 16.7. The van der Waals surface area contributed by atoms with E-state index in [-0.39, 0.29) is 11.2 Å². The molecule has 0 aliphatic carbocycles. The average Bonchev–Trinajstić information content (AvgIpc) is 2.33. The quantitative estimate of drug-likeness (QED) is 0.403. The van der Waals surface area contributed by atoms with Crippen molar-refractivity contribution in [1.29, 1.82) is 0 Å². The summed E-state index contributed by atoms with van der Waals surface area (Å²) in [5.74, 6) is 0. The van der Waals surface area contributed by atoms with Crippen LogP contribution >= 0.6 is 0 Å². The van der Waals surface area contributed by atoms with Gasteiger partial charge in [-0.1, -0.05) is 6.58 Å². The molecule has 0 aromatic heterocycles. The lowest BCUT2D eigenvalue weighted by molar-refractivity contribution is 0.00578. The van der Waals surface area contributed by atoms with Crippen LogP contribution in [0.4, 0.5) is 0 Å². The van der Waals surface area contributed by atoms with Gasteiger partial charge in [0.25, 0.3) is 0 Å². The molecular weight excluding hydrogens is 191 g/mol. The Morgan fingerprint density at radius 1 is 1.20 bits per heavy atom. The molecule has 1 rings (SSSR count). The topological polar surface area (TPSA) is 34.1 Å². The molecule has 0 saturated carbocycles. The van der Waals surface area contributed by atoms with Crippen molar-refractivity contribution in [3.05, 3.63) is 12.2 Å². The van der Waals surface area contributed by atoms with E-state index in [4.69, 9.17) is 9.31 Å². The summed E-state index contributed by atoms with van der Waals surface area (Å²) in [6.07, 6.45) is 0. The van der Waals surface area contributed by atoms with Gasteiger partial charge in [-0.05, 0) is 27.7 Å². The summed E-state index contributed by atoms with van der Waals surface area (Å²) >= 11 is 0. The Bertz CT molecular complexity index is 273. The molecule has 0 unspecified atom stereocenters. The van der Waals surface area contributed by atoms with Gasteiger partial charge in [-0.2, -0.15) is 5.10 Å². The molecule has 0 spiro atoms. The van der Waals surface area contributed by atoms with Gasteiger partial charge < -0.3 is 9.31 Å². The van der Waals surface area contributed by atoms with Crippen LogP contribution in [-0.2, 0) is 9.31 Å². The van der Waals surface area contributed by atoms with E-state index in [0.29, 0.717) is 5.60 Å². The SMILES string of the molecule is C=NN(C)C(=C)B1OC(C)(C)C(C)(C)O1. The second-order valence-electron chi connectivity index (χ2n) is 4.74.